The molecule has 16 heavy (non-hydrogen) atoms. The highest BCUT2D eigenvalue weighted by molar-refractivity contribution is 6.32. The zero-order valence-corrected chi connectivity index (χ0v) is 10.6. The van der Waals surface area contributed by atoms with E-state index in [-0.39, 0.29) is 5.78 Å². The van der Waals surface area contributed by atoms with Gasteiger partial charge in [0.05, 0.1) is 0 Å². The quantitative estimate of drug-likeness (QED) is 0.558. The van der Waals surface area contributed by atoms with E-state index in [1.807, 2.05) is 32.1 Å². The minimum absolute atomic E-state index is 0.0509. The first-order chi connectivity index (χ1) is 7.51. The summed E-state index contributed by atoms with van der Waals surface area (Å²) in [7, 11) is 0. The maximum atomic E-state index is 11.4. The maximum Gasteiger partial charge on any atom is 0.160 e. The van der Waals surface area contributed by atoms with E-state index in [4.69, 9.17) is 11.6 Å². The molecule has 0 atom stereocenters. The monoisotopic (exact) mass is 234 g/mol. The predicted molar refractivity (Wildman–Crippen MR) is 70.0 cm³/mol. The van der Waals surface area contributed by atoms with Crippen molar-refractivity contribution >= 4 is 23.0 Å². The van der Waals surface area contributed by atoms with Crippen LogP contribution in [0.25, 0.3) is 5.57 Å². The molecule has 0 aliphatic rings. The van der Waals surface area contributed by atoms with E-state index in [1.165, 1.54) is 0 Å². The Morgan fingerprint density at radius 1 is 1.38 bits per heavy atom. The molecule has 1 nitrogen and oxygen atoms in total. The van der Waals surface area contributed by atoms with Crippen LogP contribution >= 0.6 is 11.6 Å². The van der Waals surface area contributed by atoms with Crippen molar-refractivity contribution in [3.63, 3.8) is 0 Å². The summed E-state index contributed by atoms with van der Waals surface area (Å²) in [5.74, 6) is 0.0509. The van der Waals surface area contributed by atoms with E-state index in [9.17, 15) is 4.79 Å². The summed E-state index contributed by atoms with van der Waals surface area (Å²) in [5.41, 5.74) is 3.41. The van der Waals surface area contributed by atoms with E-state index in [1.54, 1.807) is 13.0 Å². The van der Waals surface area contributed by atoms with E-state index >= 15 is 0 Å². The zero-order valence-electron chi connectivity index (χ0n) is 9.80. The lowest BCUT2D eigenvalue weighted by molar-refractivity contribution is 0.101. The Hall–Kier alpha value is -1.34. The fraction of sp³-hybridized carbons (Fsp3) is 0.214. The summed E-state index contributed by atoms with van der Waals surface area (Å²) >= 11 is 6.16. The Bertz CT molecular complexity index is 470. The van der Waals surface area contributed by atoms with E-state index < -0.39 is 0 Å². The van der Waals surface area contributed by atoms with Crippen LogP contribution in [0.1, 0.15) is 35.3 Å². The van der Waals surface area contributed by atoms with Crippen molar-refractivity contribution in [2.24, 2.45) is 0 Å². The summed E-state index contributed by atoms with van der Waals surface area (Å²) in [4.78, 5) is 11.4. The number of benzene rings is 1. The second-order valence-corrected chi connectivity index (χ2v) is 4.06. The van der Waals surface area contributed by atoms with Gasteiger partial charge in [0.25, 0.3) is 0 Å². The number of hydrogen-bond acceptors (Lipinski definition) is 1. The average molecular weight is 235 g/mol. The lowest BCUT2D eigenvalue weighted by Crippen LogP contribution is -1.98. The first kappa shape index (κ1) is 12.7. The lowest BCUT2D eigenvalue weighted by Gasteiger charge is -2.09. The van der Waals surface area contributed by atoms with Gasteiger partial charge in [-0.25, -0.2) is 0 Å². The molecule has 0 heterocycles. The van der Waals surface area contributed by atoms with Crippen LogP contribution in [0.5, 0.6) is 0 Å². The average Bonchev–Trinajstić information content (AvgIpc) is 2.22. The van der Waals surface area contributed by atoms with E-state index in [2.05, 4.69) is 6.58 Å². The fourth-order valence-electron chi connectivity index (χ4n) is 1.66. The van der Waals surface area contributed by atoms with Crippen molar-refractivity contribution in [3.05, 3.63) is 52.6 Å². The number of carbonyl (C=O) groups excluding carboxylic acids is 1. The number of Topliss-reactive ketones (excluding diaryl/α,β-unsaturated/α-hetero) is 1. The molecule has 0 N–H and O–H groups in total. The van der Waals surface area contributed by atoms with Crippen molar-refractivity contribution in [1.82, 2.24) is 0 Å². The fourth-order valence-corrected chi connectivity index (χ4v) is 1.98. The molecule has 84 valence electrons. The predicted octanol–water partition coefficient (Wildman–Crippen LogP) is 4.44. The molecule has 0 fully saturated rings. The van der Waals surface area contributed by atoms with Crippen molar-refractivity contribution in [2.45, 2.75) is 20.8 Å². The summed E-state index contributed by atoms with van der Waals surface area (Å²) in [6.45, 7) is 9.10. The van der Waals surface area contributed by atoms with Gasteiger partial charge < -0.3 is 0 Å². The Morgan fingerprint density at radius 3 is 2.44 bits per heavy atom. The van der Waals surface area contributed by atoms with Crippen LogP contribution in [0.4, 0.5) is 0 Å². The van der Waals surface area contributed by atoms with Crippen molar-refractivity contribution in [3.8, 4) is 0 Å². The van der Waals surface area contributed by atoms with Gasteiger partial charge in [0, 0.05) is 16.1 Å². The van der Waals surface area contributed by atoms with Crippen molar-refractivity contribution < 1.29 is 4.79 Å². The van der Waals surface area contributed by atoms with Crippen LogP contribution in [-0.4, -0.2) is 5.78 Å². The van der Waals surface area contributed by atoms with Crippen LogP contribution in [0.2, 0.25) is 5.02 Å². The Morgan fingerprint density at radius 2 is 2.00 bits per heavy atom. The molecule has 0 bridgehead atoms. The van der Waals surface area contributed by atoms with Crippen LogP contribution in [0, 0.1) is 6.92 Å². The van der Waals surface area contributed by atoms with Crippen LogP contribution in [0.15, 0.2) is 30.9 Å². The third-order valence-corrected chi connectivity index (χ3v) is 2.85. The molecule has 0 unspecified atom stereocenters. The molecule has 1 rings (SSSR count). The molecule has 0 amide bonds. The molecule has 0 saturated carbocycles. The first-order valence-electron chi connectivity index (χ1n) is 5.11. The second kappa shape index (κ2) is 5.13. The summed E-state index contributed by atoms with van der Waals surface area (Å²) < 4.78 is 0. The summed E-state index contributed by atoms with van der Waals surface area (Å²) in [6, 6.07) is 3.65. The van der Waals surface area contributed by atoms with Gasteiger partial charge >= 0.3 is 0 Å². The van der Waals surface area contributed by atoms with Crippen molar-refractivity contribution in [1.29, 1.82) is 0 Å². The number of allylic oxidation sites excluding steroid dienone is 3. The van der Waals surface area contributed by atoms with Gasteiger partial charge in [0.15, 0.2) is 5.78 Å². The highest BCUT2D eigenvalue weighted by Gasteiger charge is 2.10. The lowest BCUT2D eigenvalue weighted by atomic mass is 9.97. The number of carbonyl (C=O) groups is 1. The van der Waals surface area contributed by atoms with Gasteiger partial charge in [-0.1, -0.05) is 30.3 Å². The highest BCUT2D eigenvalue weighted by Crippen LogP contribution is 2.28. The van der Waals surface area contributed by atoms with Gasteiger partial charge in [0.1, 0.15) is 0 Å². The standard InChI is InChI=1S/C14H15ClO/c1-5-11(6-2)13-8-12(10(4)16)9(3)7-14(13)15/h5-8H,1H2,2-4H3/b11-6+. The SMILES string of the molecule is C=C/C(=C\C)c1cc(C(C)=O)c(C)cc1Cl. The molecule has 0 aliphatic carbocycles. The molecule has 0 aromatic heterocycles. The highest BCUT2D eigenvalue weighted by atomic mass is 35.5. The molecule has 0 saturated heterocycles. The number of aryl methyl sites for hydroxylation is 1. The molecule has 0 aliphatic heterocycles. The number of halogens is 1. The third kappa shape index (κ3) is 2.42. The number of rotatable bonds is 3. The van der Waals surface area contributed by atoms with Crippen molar-refractivity contribution in [2.75, 3.05) is 0 Å². The second-order valence-electron chi connectivity index (χ2n) is 3.65. The van der Waals surface area contributed by atoms with E-state index in [0.717, 1.165) is 16.7 Å². The minimum Gasteiger partial charge on any atom is -0.295 e. The third-order valence-electron chi connectivity index (χ3n) is 2.54. The first-order valence-corrected chi connectivity index (χ1v) is 5.49. The van der Waals surface area contributed by atoms with Gasteiger partial charge in [-0.3, -0.25) is 4.79 Å². The molecule has 2 heteroatoms. The Kier molecular flexibility index (Phi) is 4.08. The Labute approximate surface area is 101 Å². The summed E-state index contributed by atoms with van der Waals surface area (Å²) in [6.07, 6.45) is 3.66. The number of hydrogen-bond donors (Lipinski definition) is 0. The largest absolute Gasteiger partial charge is 0.295 e. The van der Waals surface area contributed by atoms with Gasteiger partial charge in [-0.15, -0.1) is 0 Å². The van der Waals surface area contributed by atoms with Gasteiger partial charge in [-0.2, -0.15) is 0 Å². The van der Waals surface area contributed by atoms with E-state index in [0.29, 0.717) is 10.6 Å². The molecular weight excluding hydrogens is 220 g/mol. The van der Waals surface area contributed by atoms with Crippen LogP contribution < -0.4 is 0 Å². The smallest absolute Gasteiger partial charge is 0.160 e. The molecule has 0 spiro atoms. The molecule has 1 aromatic rings. The van der Waals surface area contributed by atoms with Crippen LogP contribution in [0.3, 0.4) is 0 Å². The summed E-state index contributed by atoms with van der Waals surface area (Å²) in [5, 5.41) is 0.649. The van der Waals surface area contributed by atoms with Crippen LogP contribution in [-0.2, 0) is 0 Å². The molecule has 1 aromatic carbocycles. The Balaban J connectivity index is 3.47. The van der Waals surface area contributed by atoms with Gasteiger partial charge in [0.2, 0.25) is 0 Å². The number of ketones is 1. The minimum atomic E-state index is 0.0509. The topological polar surface area (TPSA) is 17.1 Å². The molecular formula is C14H15ClO. The zero-order chi connectivity index (χ0) is 12.3. The van der Waals surface area contributed by atoms with Gasteiger partial charge in [-0.05, 0) is 44.0 Å². The maximum absolute atomic E-state index is 11.4. The normalized spacial score (nSPS) is 11.4. The molecule has 0 radical (unpaired) electrons.